The van der Waals surface area contributed by atoms with E-state index in [9.17, 15) is 0 Å². The number of hydrogen-bond acceptors (Lipinski definition) is 1. The van der Waals surface area contributed by atoms with Gasteiger partial charge in [0.25, 0.3) is 0 Å². The van der Waals surface area contributed by atoms with Crippen LogP contribution in [0.15, 0.2) is 24.3 Å². The van der Waals surface area contributed by atoms with Gasteiger partial charge in [0.1, 0.15) is 0 Å². The minimum absolute atomic E-state index is 0.979. The van der Waals surface area contributed by atoms with Gasteiger partial charge in [-0.1, -0.05) is 88.4 Å². The molecule has 0 aliphatic rings. The van der Waals surface area contributed by atoms with Crippen LogP contribution in [0.4, 0.5) is 0 Å². The van der Waals surface area contributed by atoms with E-state index >= 15 is 0 Å². The summed E-state index contributed by atoms with van der Waals surface area (Å²) in [5.74, 6) is 1.08. The molecule has 0 atom stereocenters. The predicted octanol–water partition coefficient (Wildman–Crippen LogP) is 6.78. The fraction of sp³-hybridized carbons (Fsp3) is 0.700. The first kappa shape index (κ1) is 19.6. The van der Waals surface area contributed by atoms with Crippen molar-refractivity contribution in [2.45, 2.75) is 89.1 Å². The molecule has 0 radical (unpaired) electrons. The van der Waals surface area contributed by atoms with Crippen molar-refractivity contribution in [3.8, 4) is 5.75 Å². The van der Waals surface area contributed by atoms with Gasteiger partial charge in [-0.2, -0.15) is 0 Å². The zero-order valence-corrected chi connectivity index (χ0v) is 16.2. The van der Waals surface area contributed by atoms with Gasteiger partial charge in [-0.05, 0) is 30.5 Å². The first-order valence-electron chi connectivity index (χ1n) is 9.55. The molecule has 1 aromatic carbocycles. The van der Waals surface area contributed by atoms with Gasteiger partial charge in [0.2, 0.25) is 0 Å². The molecule has 0 aliphatic heterocycles. The third-order valence-corrected chi connectivity index (χ3v) is 6.88. The van der Waals surface area contributed by atoms with Crippen LogP contribution < -0.4 is 3.79 Å². The van der Waals surface area contributed by atoms with Gasteiger partial charge in [0, 0.05) is 0 Å². The van der Waals surface area contributed by atoms with Gasteiger partial charge in [-0.25, -0.2) is 0 Å². The SMILES string of the molecule is CCCCCCCCCCc1ccc([O][Al]([CH2]C)[CH2]C)cc1. The molecular formula is C20H35AlO. The maximum atomic E-state index is 6.10. The van der Waals surface area contributed by atoms with E-state index in [1.165, 1.54) is 73.9 Å². The second-order valence-corrected chi connectivity index (χ2v) is 9.54. The van der Waals surface area contributed by atoms with Crippen molar-refractivity contribution in [3.05, 3.63) is 29.8 Å². The summed E-state index contributed by atoms with van der Waals surface area (Å²) in [4.78, 5) is 0. The molecular weight excluding hydrogens is 283 g/mol. The van der Waals surface area contributed by atoms with Crippen molar-refractivity contribution in [3.63, 3.8) is 0 Å². The highest BCUT2D eigenvalue weighted by Gasteiger charge is 2.17. The molecule has 0 fully saturated rings. The predicted molar refractivity (Wildman–Crippen MR) is 100 cm³/mol. The van der Waals surface area contributed by atoms with E-state index < -0.39 is 14.5 Å². The van der Waals surface area contributed by atoms with E-state index in [-0.39, 0.29) is 0 Å². The number of hydrogen-bond donors (Lipinski definition) is 0. The van der Waals surface area contributed by atoms with Crippen LogP contribution in [0.25, 0.3) is 0 Å². The monoisotopic (exact) mass is 318 g/mol. The van der Waals surface area contributed by atoms with Gasteiger partial charge in [0.15, 0.2) is 0 Å². The first-order chi connectivity index (χ1) is 10.8. The second-order valence-electron chi connectivity index (χ2n) is 6.43. The molecule has 0 bridgehead atoms. The Morgan fingerprint density at radius 3 is 1.82 bits per heavy atom. The molecule has 1 nitrogen and oxygen atoms in total. The Labute approximate surface area is 143 Å². The van der Waals surface area contributed by atoms with Gasteiger partial charge in [0.05, 0.1) is 5.75 Å². The summed E-state index contributed by atoms with van der Waals surface area (Å²) in [6.07, 6.45) is 12.4. The van der Waals surface area contributed by atoms with Crippen LogP contribution in [0.2, 0.25) is 10.6 Å². The third kappa shape index (κ3) is 8.87. The molecule has 0 N–H and O–H groups in total. The number of benzene rings is 1. The van der Waals surface area contributed by atoms with Gasteiger partial charge in [-0.15, -0.1) is 0 Å². The van der Waals surface area contributed by atoms with Crippen molar-refractivity contribution in [2.24, 2.45) is 0 Å². The van der Waals surface area contributed by atoms with E-state index in [0.29, 0.717) is 0 Å². The summed E-state index contributed by atoms with van der Waals surface area (Å²) >= 11 is -0.979. The highest BCUT2D eigenvalue weighted by molar-refractivity contribution is 6.52. The Morgan fingerprint density at radius 2 is 1.27 bits per heavy atom. The lowest BCUT2D eigenvalue weighted by atomic mass is 10.0. The molecule has 22 heavy (non-hydrogen) atoms. The lowest BCUT2D eigenvalue weighted by molar-refractivity contribution is 0.564. The summed E-state index contributed by atoms with van der Waals surface area (Å²) in [6.45, 7) is 6.77. The van der Waals surface area contributed by atoms with Crippen molar-refractivity contribution < 1.29 is 3.79 Å². The van der Waals surface area contributed by atoms with Gasteiger partial charge >= 0.3 is 14.5 Å². The summed E-state index contributed by atoms with van der Waals surface area (Å²) in [6, 6.07) is 8.86. The summed E-state index contributed by atoms with van der Waals surface area (Å²) in [5, 5.41) is 2.44. The Hall–Kier alpha value is -0.448. The lowest BCUT2D eigenvalue weighted by Gasteiger charge is -2.12. The molecule has 0 saturated carbocycles. The molecule has 1 aromatic rings. The molecule has 0 unspecified atom stereocenters. The Bertz CT molecular complexity index is 356. The number of unbranched alkanes of at least 4 members (excludes halogenated alkanes) is 7. The molecule has 0 aromatic heterocycles. The summed E-state index contributed by atoms with van der Waals surface area (Å²) in [7, 11) is 0. The highest BCUT2D eigenvalue weighted by Crippen LogP contribution is 2.17. The van der Waals surface area contributed by atoms with E-state index in [0.717, 1.165) is 5.75 Å². The number of rotatable bonds is 13. The Balaban J connectivity index is 2.14. The van der Waals surface area contributed by atoms with Crippen LogP contribution in [0, 0.1) is 0 Å². The average molecular weight is 318 g/mol. The van der Waals surface area contributed by atoms with E-state index in [2.05, 4.69) is 45.0 Å². The average Bonchev–Trinajstić information content (AvgIpc) is 2.56. The Morgan fingerprint density at radius 1 is 0.727 bits per heavy atom. The largest absolute Gasteiger partial charge is 0.643 e. The van der Waals surface area contributed by atoms with E-state index in [1.54, 1.807) is 0 Å². The maximum Gasteiger partial charge on any atom is 0.546 e. The molecule has 1 rings (SSSR count). The van der Waals surface area contributed by atoms with Crippen LogP contribution >= 0.6 is 0 Å². The molecule has 0 saturated heterocycles. The number of aryl methyl sites for hydroxylation is 1. The summed E-state index contributed by atoms with van der Waals surface area (Å²) in [5.41, 5.74) is 1.46. The Kier molecular flexibility index (Phi) is 11.6. The van der Waals surface area contributed by atoms with Crippen molar-refractivity contribution in [2.75, 3.05) is 0 Å². The normalized spacial score (nSPS) is 10.7. The van der Waals surface area contributed by atoms with Crippen LogP contribution in [0.1, 0.15) is 77.7 Å². The standard InChI is InChI=1S/C16H26O.2C2H5.Al/c1-2-3-4-5-6-7-8-9-10-15-11-13-16(17)14-12-15;2*1-2;/h11-14,17H,2-10H2,1H3;2*1H2,2H3;/q;;;+1/p-1. The van der Waals surface area contributed by atoms with Crippen LogP contribution in [0.5, 0.6) is 5.75 Å². The topological polar surface area (TPSA) is 9.23 Å². The zero-order valence-electron chi connectivity index (χ0n) is 15.1. The van der Waals surface area contributed by atoms with Crippen molar-refractivity contribution in [1.29, 1.82) is 0 Å². The van der Waals surface area contributed by atoms with Gasteiger partial charge < -0.3 is 3.79 Å². The van der Waals surface area contributed by atoms with Crippen LogP contribution in [-0.2, 0) is 6.42 Å². The third-order valence-electron chi connectivity index (χ3n) is 4.46. The van der Waals surface area contributed by atoms with Gasteiger partial charge in [-0.3, -0.25) is 0 Å². The van der Waals surface area contributed by atoms with E-state index in [4.69, 9.17) is 3.79 Å². The molecule has 2 heteroatoms. The quantitative estimate of drug-likeness (QED) is 0.288. The van der Waals surface area contributed by atoms with E-state index in [1.807, 2.05) is 0 Å². The smallest absolute Gasteiger partial charge is 0.546 e. The van der Waals surface area contributed by atoms with Crippen molar-refractivity contribution in [1.82, 2.24) is 0 Å². The van der Waals surface area contributed by atoms with Crippen molar-refractivity contribution >= 4 is 14.5 Å². The fourth-order valence-corrected chi connectivity index (χ4v) is 4.30. The lowest BCUT2D eigenvalue weighted by Crippen LogP contribution is -2.18. The zero-order chi connectivity index (χ0) is 16.0. The summed E-state index contributed by atoms with van der Waals surface area (Å²) < 4.78 is 6.10. The maximum absolute atomic E-state index is 6.10. The molecule has 124 valence electrons. The molecule has 0 heterocycles. The molecule has 0 spiro atoms. The van der Waals surface area contributed by atoms with Crippen LogP contribution in [0.3, 0.4) is 0 Å². The second kappa shape index (κ2) is 13.0. The molecule has 0 aliphatic carbocycles. The first-order valence-corrected chi connectivity index (χ1v) is 11.7. The minimum atomic E-state index is -0.979. The minimum Gasteiger partial charge on any atom is -0.643 e. The fourth-order valence-electron chi connectivity index (χ4n) is 2.85. The highest BCUT2D eigenvalue weighted by atomic mass is 27.2. The van der Waals surface area contributed by atoms with Crippen LogP contribution in [-0.4, -0.2) is 14.5 Å². The molecule has 0 amide bonds.